The van der Waals surface area contributed by atoms with Crippen molar-refractivity contribution in [3.05, 3.63) is 109 Å². The van der Waals surface area contributed by atoms with Gasteiger partial charge in [-0.2, -0.15) is 0 Å². The quantitative estimate of drug-likeness (QED) is 0.221. The number of carbonyl (C=O) groups excluding carboxylic acids is 1. The molecule has 0 bridgehead atoms. The van der Waals surface area contributed by atoms with Crippen LogP contribution in [0.25, 0.3) is 0 Å². The summed E-state index contributed by atoms with van der Waals surface area (Å²) in [5, 5.41) is 2.61. The van der Waals surface area contributed by atoms with Crippen molar-refractivity contribution in [2.45, 2.75) is 18.4 Å². The van der Waals surface area contributed by atoms with Crippen LogP contribution in [-0.4, -0.2) is 42.2 Å². The lowest BCUT2D eigenvalue weighted by atomic mass is 10.2. The Morgan fingerprint density at radius 3 is 1.90 bits per heavy atom. The molecule has 12 heteroatoms. The molecule has 1 amide bonds. The second-order valence-corrected chi connectivity index (χ2v) is 12.8. The highest BCUT2D eigenvalue weighted by Crippen LogP contribution is 2.24. The van der Waals surface area contributed by atoms with Crippen molar-refractivity contribution in [3.63, 3.8) is 0 Å². The molecule has 0 atom stereocenters. The number of amides is 1. The van der Waals surface area contributed by atoms with Crippen LogP contribution in [0.5, 0.6) is 11.5 Å². The number of anilines is 3. The standard InChI is InChI=1S/C30H31N3O7S2/c1-3-39-27-15-9-25(10-16-27)32-42(37,38)29-19-11-24(12-20-29)31-30(34)21-33(41(2,35)36)26-13-17-28(18-14-26)40-22-23-7-5-4-6-8-23/h4-20,32H,3,21-22H2,1-2H3,(H,31,34). The van der Waals surface area contributed by atoms with Crippen molar-refractivity contribution in [3.8, 4) is 11.5 Å². The predicted molar refractivity (Wildman–Crippen MR) is 163 cm³/mol. The third kappa shape index (κ3) is 8.48. The van der Waals surface area contributed by atoms with Crippen molar-refractivity contribution in [2.75, 3.05) is 33.8 Å². The van der Waals surface area contributed by atoms with Gasteiger partial charge >= 0.3 is 0 Å². The van der Waals surface area contributed by atoms with Crippen LogP contribution in [0.2, 0.25) is 0 Å². The lowest BCUT2D eigenvalue weighted by molar-refractivity contribution is -0.114. The first kappa shape index (κ1) is 30.4. The van der Waals surface area contributed by atoms with Gasteiger partial charge in [0.2, 0.25) is 15.9 Å². The Morgan fingerprint density at radius 1 is 0.738 bits per heavy atom. The molecule has 0 spiro atoms. The molecular weight excluding hydrogens is 578 g/mol. The van der Waals surface area contributed by atoms with E-state index in [2.05, 4.69) is 10.0 Å². The van der Waals surface area contributed by atoms with Crippen LogP contribution in [0.15, 0.2) is 108 Å². The summed E-state index contributed by atoms with van der Waals surface area (Å²) in [4.78, 5) is 12.8. The first-order valence-electron chi connectivity index (χ1n) is 12.9. The van der Waals surface area contributed by atoms with Crippen molar-refractivity contribution < 1.29 is 31.1 Å². The zero-order valence-electron chi connectivity index (χ0n) is 23.1. The fourth-order valence-electron chi connectivity index (χ4n) is 3.90. The van der Waals surface area contributed by atoms with Gasteiger partial charge in [-0.05, 0) is 85.3 Å². The largest absolute Gasteiger partial charge is 0.494 e. The van der Waals surface area contributed by atoms with Crippen LogP contribution in [0.1, 0.15) is 12.5 Å². The highest BCUT2D eigenvalue weighted by molar-refractivity contribution is 7.92. The van der Waals surface area contributed by atoms with Crippen molar-refractivity contribution in [2.24, 2.45) is 0 Å². The molecule has 10 nitrogen and oxygen atoms in total. The fourth-order valence-corrected chi connectivity index (χ4v) is 5.81. The molecule has 0 saturated heterocycles. The Morgan fingerprint density at radius 2 is 1.31 bits per heavy atom. The normalized spacial score (nSPS) is 11.4. The second-order valence-electron chi connectivity index (χ2n) is 9.17. The van der Waals surface area contributed by atoms with Gasteiger partial charge < -0.3 is 14.8 Å². The number of hydrogen-bond acceptors (Lipinski definition) is 7. The number of ether oxygens (including phenoxy) is 2. The third-order valence-electron chi connectivity index (χ3n) is 5.93. The van der Waals surface area contributed by atoms with E-state index >= 15 is 0 Å². The first-order valence-corrected chi connectivity index (χ1v) is 16.3. The average Bonchev–Trinajstić information content (AvgIpc) is 2.96. The highest BCUT2D eigenvalue weighted by atomic mass is 32.2. The molecule has 220 valence electrons. The summed E-state index contributed by atoms with van der Waals surface area (Å²) >= 11 is 0. The van der Waals surface area contributed by atoms with E-state index in [1.165, 1.54) is 24.3 Å². The number of sulfonamides is 2. The molecule has 4 rings (SSSR count). The number of nitrogens with one attached hydrogen (secondary N) is 2. The Labute approximate surface area is 246 Å². The molecule has 0 fully saturated rings. The van der Waals surface area contributed by atoms with Crippen molar-refractivity contribution >= 4 is 43.0 Å². The lowest BCUT2D eigenvalue weighted by Gasteiger charge is -2.22. The summed E-state index contributed by atoms with van der Waals surface area (Å²) < 4.78 is 65.2. The van der Waals surface area contributed by atoms with E-state index in [1.807, 2.05) is 37.3 Å². The van der Waals surface area contributed by atoms with E-state index in [9.17, 15) is 21.6 Å². The van der Waals surface area contributed by atoms with Crippen LogP contribution in [0.4, 0.5) is 17.1 Å². The van der Waals surface area contributed by atoms with Crippen LogP contribution in [-0.2, 0) is 31.4 Å². The maximum atomic E-state index is 12.8. The van der Waals surface area contributed by atoms with Gasteiger partial charge in [0.05, 0.1) is 23.4 Å². The van der Waals surface area contributed by atoms with Crippen molar-refractivity contribution in [1.82, 2.24) is 0 Å². The maximum absolute atomic E-state index is 12.8. The Balaban J connectivity index is 1.37. The van der Waals surface area contributed by atoms with E-state index in [0.717, 1.165) is 16.1 Å². The molecule has 0 aromatic heterocycles. The SMILES string of the molecule is CCOc1ccc(NS(=O)(=O)c2ccc(NC(=O)CN(c3ccc(OCc4ccccc4)cc3)S(C)(=O)=O)cc2)cc1. The predicted octanol–water partition coefficient (Wildman–Crippen LogP) is 4.87. The number of hydrogen-bond donors (Lipinski definition) is 2. The number of rotatable bonds is 13. The van der Waals surface area contributed by atoms with E-state index in [4.69, 9.17) is 9.47 Å². The van der Waals surface area contributed by atoms with Gasteiger partial charge in [0.25, 0.3) is 10.0 Å². The average molecular weight is 610 g/mol. The van der Waals surface area contributed by atoms with Gasteiger partial charge in [-0.25, -0.2) is 16.8 Å². The maximum Gasteiger partial charge on any atom is 0.261 e. The number of benzene rings is 4. The number of carbonyl (C=O) groups is 1. The van der Waals surface area contributed by atoms with Gasteiger partial charge in [-0.15, -0.1) is 0 Å². The molecule has 0 aliphatic rings. The molecule has 4 aromatic rings. The Kier molecular flexibility index (Phi) is 9.71. The van der Waals surface area contributed by atoms with Gasteiger partial charge in [0.15, 0.2) is 0 Å². The molecule has 42 heavy (non-hydrogen) atoms. The molecule has 0 aliphatic heterocycles. The van der Waals surface area contributed by atoms with Crippen molar-refractivity contribution in [1.29, 1.82) is 0 Å². The van der Waals surface area contributed by atoms with Crippen LogP contribution in [0.3, 0.4) is 0 Å². The molecule has 0 aliphatic carbocycles. The molecule has 0 unspecified atom stereocenters. The molecule has 0 radical (unpaired) electrons. The second kappa shape index (κ2) is 13.4. The third-order valence-corrected chi connectivity index (χ3v) is 8.46. The lowest BCUT2D eigenvalue weighted by Crippen LogP contribution is -2.37. The van der Waals surface area contributed by atoms with Gasteiger partial charge in [-0.3, -0.25) is 13.8 Å². The Hall–Kier alpha value is -4.55. The summed E-state index contributed by atoms with van der Waals surface area (Å²) in [6.07, 6.45) is 1.01. The molecule has 2 N–H and O–H groups in total. The monoisotopic (exact) mass is 609 g/mol. The smallest absolute Gasteiger partial charge is 0.261 e. The van der Waals surface area contributed by atoms with Gasteiger partial charge in [0.1, 0.15) is 24.7 Å². The molecule has 0 saturated carbocycles. The van der Waals surface area contributed by atoms with Gasteiger partial charge in [-0.1, -0.05) is 30.3 Å². The number of nitrogens with zero attached hydrogens (tertiary/aromatic N) is 1. The topological polar surface area (TPSA) is 131 Å². The Bertz CT molecular complexity index is 1690. The minimum atomic E-state index is -3.88. The van der Waals surface area contributed by atoms with Crippen LogP contribution >= 0.6 is 0 Å². The van der Waals surface area contributed by atoms with E-state index in [1.54, 1.807) is 48.5 Å². The van der Waals surface area contributed by atoms with E-state index in [-0.39, 0.29) is 4.90 Å². The zero-order chi connectivity index (χ0) is 30.2. The fraction of sp³-hybridized carbons (Fsp3) is 0.167. The van der Waals surface area contributed by atoms with E-state index in [0.29, 0.717) is 41.8 Å². The highest BCUT2D eigenvalue weighted by Gasteiger charge is 2.21. The molecule has 0 heterocycles. The van der Waals surface area contributed by atoms with Crippen LogP contribution in [0, 0.1) is 0 Å². The minimum absolute atomic E-state index is 0.0123. The zero-order valence-corrected chi connectivity index (χ0v) is 24.7. The molecule has 4 aromatic carbocycles. The summed E-state index contributed by atoms with van der Waals surface area (Å²) in [6.45, 7) is 2.23. The summed E-state index contributed by atoms with van der Waals surface area (Å²) in [6, 6.07) is 28.0. The first-order chi connectivity index (χ1) is 20.0. The molecular formula is C30H31N3O7S2. The summed E-state index contributed by atoms with van der Waals surface area (Å²) in [5.41, 5.74) is 1.96. The minimum Gasteiger partial charge on any atom is -0.494 e. The van der Waals surface area contributed by atoms with E-state index < -0.39 is 32.5 Å². The van der Waals surface area contributed by atoms with Gasteiger partial charge in [0, 0.05) is 11.4 Å². The summed E-state index contributed by atoms with van der Waals surface area (Å²) in [7, 11) is -7.68. The van der Waals surface area contributed by atoms with Crippen LogP contribution < -0.4 is 23.8 Å². The summed E-state index contributed by atoms with van der Waals surface area (Å²) in [5.74, 6) is 0.570.